The number of hydrogen-bond acceptors (Lipinski definition) is 7. The molecule has 0 amide bonds. The van der Waals surface area contributed by atoms with Crippen molar-refractivity contribution in [3.63, 3.8) is 0 Å². The third-order valence-electron chi connectivity index (χ3n) is 3.73. The molecule has 0 aliphatic carbocycles. The van der Waals surface area contributed by atoms with Crippen molar-refractivity contribution < 1.29 is 14.7 Å². The van der Waals surface area contributed by atoms with Crippen LogP contribution in [-0.4, -0.2) is 51.4 Å². The van der Waals surface area contributed by atoms with Crippen LogP contribution in [-0.2, 0) is 0 Å². The number of piperazine rings is 1. The smallest absolute Gasteiger partial charge is 0.244 e. The second-order valence-corrected chi connectivity index (χ2v) is 5.12. The summed E-state index contributed by atoms with van der Waals surface area (Å²) in [4.78, 5) is 6.67. The van der Waals surface area contributed by atoms with E-state index in [4.69, 9.17) is 4.52 Å². The molecule has 1 aliphatic heterocycles. The Bertz CT molecular complexity index is 622. The molecule has 2 aromatic rings. The van der Waals surface area contributed by atoms with E-state index in [9.17, 15) is 10.2 Å². The molecule has 1 saturated heterocycles. The maximum absolute atomic E-state index is 9.53. The van der Waals surface area contributed by atoms with Gasteiger partial charge in [-0.25, -0.2) is 0 Å². The third kappa shape index (κ3) is 2.84. The van der Waals surface area contributed by atoms with Crippen LogP contribution in [0.3, 0.4) is 0 Å². The van der Waals surface area contributed by atoms with Crippen LogP contribution < -0.4 is 5.32 Å². The molecule has 0 bridgehead atoms. The van der Waals surface area contributed by atoms with Crippen LogP contribution in [0.4, 0.5) is 0 Å². The lowest BCUT2D eigenvalue weighted by Crippen LogP contribution is -2.44. The number of phenols is 2. The van der Waals surface area contributed by atoms with Crippen LogP contribution in [0.15, 0.2) is 22.7 Å². The minimum Gasteiger partial charge on any atom is -0.504 e. The third-order valence-corrected chi connectivity index (χ3v) is 3.73. The molecular weight excluding hydrogens is 272 g/mol. The summed E-state index contributed by atoms with van der Waals surface area (Å²) in [6.45, 7) is 5.84. The van der Waals surface area contributed by atoms with Crippen LogP contribution in [0.25, 0.3) is 11.4 Å². The van der Waals surface area contributed by atoms with E-state index in [1.165, 1.54) is 12.1 Å². The number of phenolic OH excluding ortho intramolecular Hbond substituents is 2. The van der Waals surface area contributed by atoms with Crippen molar-refractivity contribution in [3.8, 4) is 22.9 Å². The molecule has 3 rings (SSSR count). The Morgan fingerprint density at radius 1 is 1.24 bits per heavy atom. The molecule has 0 saturated carbocycles. The zero-order chi connectivity index (χ0) is 14.8. The highest BCUT2D eigenvalue weighted by Gasteiger charge is 2.23. The predicted octanol–water partition coefficient (Wildman–Crippen LogP) is 1.11. The van der Waals surface area contributed by atoms with Crippen LogP contribution >= 0.6 is 0 Å². The van der Waals surface area contributed by atoms with E-state index in [-0.39, 0.29) is 17.5 Å². The first-order chi connectivity index (χ1) is 10.1. The molecule has 112 valence electrons. The van der Waals surface area contributed by atoms with Gasteiger partial charge in [-0.3, -0.25) is 4.90 Å². The van der Waals surface area contributed by atoms with Gasteiger partial charge in [-0.05, 0) is 25.1 Å². The summed E-state index contributed by atoms with van der Waals surface area (Å²) < 4.78 is 5.34. The van der Waals surface area contributed by atoms with Gasteiger partial charge in [0, 0.05) is 31.7 Å². The molecule has 7 heteroatoms. The van der Waals surface area contributed by atoms with E-state index in [1.807, 2.05) is 6.92 Å². The van der Waals surface area contributed by atoms with Gasteiger partial charge in [-0.2, -0.15) is 4.98 Å². The zero-order valence-electron chi connectivity index (χ0n) is 11.8. The highest BCUT2D eigenvalue weighted by Crippen LogP contribution is 2.30. The monoisotopic (exact) mass is 290 g/mol. The maximum Gasteiger partial charge on any atom is 0.244 e. The molecule has 1 aliphatic rings. The van der Waals surface area contributed by atoms with Gasteiger partial charge in [0.2, 0.25) is 11.7 Å². The minimum atomic E-state index is -0.200. The van der Waals surface area contributed by atoms with E-state index in [0.717, 1.165) is 26.2 Å². The van der Waals surface area contributed by atoms with Gasteiger partial charge in [0.1, 0.15) is 0 Å². The quantitative estimate of drug-likeness (QED) is 0.729. The van der Waals surface area contributed by atoms with Gasteiger partial charge in [0.25, 0.3) is 0 Å². The number of aromatic hydroxyl groups is 2. The molecular formula is C14H18N4O3. The number of nitrogens with zero attached hydrogens (tertiary/aromatic N) is 3. The molecule has 0 spiro atoms. The van der Waals surface area contributed by atoms with Crippen LogP contribution in [0, 0.1) is 0 Å². The lowest BCUT2D eigenvalue weighted by atomic mass is 10.2. The normalized spacial score (nSPS) is 17.8. The summed E-state index contributed by atoms with van der Waals surface area (Å²) in [5.74, 6) is 0.590. The molecule has 3 N–H and O–H groups in total. The molecule has 1 fully saturated rings. The summed E-state index contributed by atoms with van der Waals surface area (Å²) in [6, 6.07) is 4.51. The summed E-state index contributed by atoms with van der Waals surface area (Å²) in [6.07, 6.45) is 0. The Morgan fingerprint density at radius 3 is 2.71 bits per heavy atom. The molecule has 2 heterocycles. The topological polar surface area (TPSA) is 94.7 Å². The van der Waals surface area contributed by atoms with E-state index < -0.39 is 0 Å². The minimum absolute atomic E-state index is 0.0547. The highest BCUT2D eigenvalue weighted by molar-refractivity contribution is 5.59. The van der Waals surface area contributed by atoms with Gasteiger partial charge in [0.15, 0.2) is 11.5 Å². The first kappa shape index (κ1) is 13.8. The van der Waals surface area contributed by atoms with Crippen molar-refractivity contribution >= 4 is 0 Å². The van der Waals surface area contributed by atoms with E-state index in [1.54, 1.807) is 6.07 Å². The Labute approximate surface area is 122 Å². The summed E-state index contributed by atoms with van der Waals surface area (Å²) in [5.41, 5.74) is 0.604. The molecule has 1 atom stereocenters. The van der Waals surface area contributed by atoms with E-state index >= 15 is 0 Å². The predicted molar refractivity (Wildman–Crippen MR) is 75.9 cm³/mol. The van der Waals surface area contributed by atoms with E-state index in [2.05, 4.69) is 20.4 Å². The highest BCUT2D eigenvalue weighted by atomic mass is 16.5. The van der Waals surface area contributed by atoms with Gasteiger partial charge in [0.05, 0.1) is 6.04 Å². The first-order valence-electron chi connectivity index (χ1n) is 6.96. The Hall–Kier alpha value is -2.12. The second-order valence-electron chi connectivity index (χ2n) is 5.12. The van der Waals surface area contributed by atoms with Crippen molar-refractivity contribution in [2.45, 2.75) is 13.0 Å². The number of aromatic nitrogens is 2. The van der Waals surface area contributed by atoms with Crippen molar-refractivity contribution in [1.82, 2.24) is 20.4 Å². The Kier molecular flexibility index (Phi) is 3.76. The average Bonchev–Trinajstić information content (AvgIpc) is 3.00. The summed E-state index contributed by atoms with van der Waals surface area (Å²) in [7, 11) is 0. The van der Waals surface area contributed by atoms with Crippen LogP contribution in [0.1, 0.15) is 18.9 Å². The fourth-order valence-electron chi connectivity index (χ4n) is 2.41. The molecule has 1 unspecified atom stereocenters. The molecule has 1 aromatic heterocycles. The lowest BCUT2D eigenvalue weighted by Gasteiger charge is -2.30. The largest absolute Gasteiger partial charge is 0.504 e. The summed E-state index contributed by atoms with van der Waals surface area (Å²) >= 11 is 0. The fourth-order valence-corrected chi connectivity index (χ4v) is 2.41. The van der Waals surface area contributed by atoms with Crippen LogP contribution in [0.2, 0.25) is 0 Å². The van der Waals surface area contributed by atoms with Gasteiger partial charge >= 0.3 is 0 Å². The van der Waals surface area contributed by atoms with Crippen molar-refractivity contribution in [3.05, 3.63) is 24.1 Å². The molecule has 7 nitrogen and oxygen atoms in total. The van der Waals surface area contributed by atoms with Gasteiger partial charge in [-0.1, -0.05) is 5.16 Å². The fraction of sp³-hybridized carbons (Fsp3) is 0.429. The van der Waals surface area contributed by atoms with Gasteiger partial charge < -0.3 is 20.1 Å². The SMILES string of the molecule is CC(c1nc(-c2ccc(O)c(O)c2)no1)N1CCNCC1. The number of rotatable bonds is 3. The molecule has 1 aromatic carbocycles. The average molecular weight is 290 g/mol. The van der Waals surface area contributed by atoms with Crippen LogP contribution in [0.5, 0.6) is 11.5 Å². The molecule has 0 radical (unpaired) electrons. The second kappa shape index (κ2) is 5.71. The lowest BCUT2D eigenvalue weighted by molar-refractivity contribution is 0.154. The summed E-state index contributed by atoms with van der Waals surface area (Å²) in [5, 5.41) is 26.1. The maximum atomic E-state index is 9.53. The number of benzene rings is 1. The van der Waals surface area contributed by atoms with Crippen molar-refractivity contribution in [2.75, 3.05) is 26.2 Å². The standard InChI is InChI=1S/C14H18N4O3/c1-9(18-6-4-15-5-7-18)14-16-13(17-21-14)10-2-3-11(19)12(20)8-10/h2-3,8-9,15,19-20H,4-7H2,1H3. The van der Waals surface area contributed by atoms with Gasteiger partial charge in [-0.15, -0.1) is 0 Å². The number of nitrogens with one attached hydrogen (secondary N) is 1. The zero-order valence-corrected chi connectivity index (χ0v) is 11.8. The van der Waals surface area contributed by atoms with E-state index in [0.29, 0.717) is 17.3 Å². The van der Waals surface area contributed by atoms with Crippen molar-refractivity contribution in [1.29, 1.82) is 0 Å². The first-order valence-corrected chi connectivity index (χ1v) is 6.96. The molecule has 21 heavy (non-hydrogen) atoms. The van der Waals surface area contributed by atoms with Crippen molar-refractivity contribution in [2.24, 2.45) is 0 Å². The Morgan fingerprint density at radius 2 is 2.00 bits per heavy atom. The Balaban J connectivity index is 1.80. The number of hydrogen-bond donors (Lipinski definition) is 3.